The molecule has 1 N–H and O–H groups in total. The Balaban J connectivity index is 1.82. The smallest absolute Gasteiger partial charge is 0.214 e. The van der Waals surface area contributed by atoms with Gasteiger partial charge in [0.15, 0.2) is 0 Å². The van der Waals surface area contributed by atoms with Gasteiger partial charge in [-0.1, -0.05) is 0 Å². The van der Waals surface area contributed by atoms with E-state index in [2.05, 4.69) is 5.32 Å². The molecule has 20 heavy (non-hydrogen) atoms. The minimum Gasteiger partial charge on any atom is -0.383 e. The van der Waals surface area contributed by atoms with E-state index < -0.39 is 10.0 Å². The Kier molecular flexibility index (Phi) is 5.84. The fourth-order valence-corrected chi connectivity index (χ4v) is 4.33. The zero-order valence-electron chi connectivity index (χ0n) is 12.7. The highest BCUT2D eigenvalue weighted by Gasteiger charge is 2.37. The van der Waals surface area contributed by atoms with Gasteiger partial charge in [-0.25, -0.2) is 8.42 Å². The first kappa shape index (κ1) is 16.2. The van der Waals surface area contributed by atoms with Crippen molar-refractivity contribution in [1.29, 1.82) is 0 Å². The van der Waals surface area contributed by atoms with Crippen molar-refractivity contribution in [3.8, 4) is 0 Å². The molecular weight excluding hydrogens is 276 g/mol. The molecule has 2 fully saturated rings. The average molecular weight is 304 g/mol. The van der Waals surface area contributed by atoms with Crippen molar-refractivity contribution in [2.75, 3.05) is 32.6 Å². The Bertz CT molecular complexity index is 391. The van der Waals surface area contributed by atoms with Crippen LogP contribution in [0.4, 0.5) is 0 Å². The number of ether oxygens (including phenoxy) is 1. The van der Waals surface area contributed by atoms with E-state index in [0.29, 0.717) is 31.5 Å². The second-order valence-electron chi connectivity index (χ2n) is 6.08. The van der Waals surface area contributed by atoms with E-state index in [9.17, 15) is 8.42 Å². The van der Waals surface area contributed by atoms with E-state index >= 15 is 0 Å². The van der Waals surface area contributed by atoms with Crippen LogP contribution in [0.25, 0.3) is 0 Å². The van der Waals surface area contributed by atoms with Crippen molar-refractivity contribution in [2.24, 2.45) is 5.92 Å². The van der Waals surface area contributed by atoms with E-state index in [-0.39, 0.29) is 11.8 Å². The van der Waals surface area contributed by atoms with E-state index in [0.717, 1.165) is 19.4 Å². The number of rotatable bonds is 11. The van der Waals surface area contributed by atoms with Gasteiger partial charge in [-0.05, 0) is 51.5 Å². The first-order valence-electron chi connectivity index (χ1n) is 7.76. The largest absolute Gasteiger partial charge is 0.383 e. The zero-order valence-corrected chi connectivity index (χ0v) is 13.5. The van der Waals surface area contributed by atoms with Gasteiger partial charge in [0.25, 0.3) is 0 Å². The summed E-state index contributed by atoms with van der Waals surface area (Å²) in [5, 5.41) is 3.37. The average Bonchev–Trinajstić information content (AvgIpc) is 3.28. The van der Waals surface area contributed by atoms with E-state index in [1.807, 2.05) is 6.92 Å². The number of sulfonamides is 1. The molecule has 0 heterocycles. The van der Waals surface area contributed by atoms with Gasteiger partial charge in [-0.2, -0.15) is 4.31 Å². The molecule has 118 valence electrons. The lowest BCUT2D eigenvalue weighted by Gasteiger charge is -2.28. The highest BCUT2D eigenvalue weighted by atomic mass is 32.2. The summed E-state index contributed by atoms with van der Waals surface area (Å²) >= 11 is 0. The molecular formula is C14H28N2O3S. The molecule has 0 bridgehead atoms. The van der Waals surface area contributed by atoms with Crippen molar-refractivity contribution in [3.05, 3.63) is 0 Å². The third-order valence-electron chi connectivity index (χ3n) is 4.22. The predicted octanol–water partition coefficient (Wildman–Crippen LogP) is 1.21. The van der Waals surface area contributed by atoms with Gasteiger partial charge in [0, 0.05) is 25.7 Å². The molecule has 0 amide bonds. The lowest BCUT2D eigenvalue weighted by atomic mass is 10.2. The number of nitrogens with zero attached hydrogens (tertiary/aromatic N) is 1. The van der Waals surface area contributed by atoms with Crippen LogP contribution in [0.5, 0.6) is 0 Å². The molecule has 2 rings (SSSR count). The maximum atomic E-state index is 12.5. The van der Waals surface area contributed by atoms with Crippen molar-refractivity contribution in [1.82, 2.24) is 9.62 Å². The Hall–Kier alpha value is -0.170. The number of nitrogens with one attached hydrogen (secondary N) is 1. The number of hydrogen-bond donors (Lipinski definition) is 1. The van der Waals surface area contributed by atoms with Crippen LogP contribution in [0.2, 0.25) is 0 Å². The Morgan fingerprint density at radius 1 is 1.30 bits per heavy atom. The molecule has 6 heteroatoms. The Labute approximate surface area is 123 Å². The number of methoxy groups -OCH3 is 1. The molecule has 0 aromatic heterocycles. The van der Waals surface area contributed by atoms with Crippen LogP contribution in [-0.4, -0.2) is 57.4 Å². The van der Waals surface area contributed by atoms with Gasteiger partial charge in [-0.15, -0.1) is 0 Å². The minimum absolute atomic E-state index is 0.117. The van der Waals surface area contributed by atoms with E-state index in [1.54, 1.807) is 11.4 Å². The van der Waals surface area contributed by atoms with Crippen LogP contribution in [0.1, 0.15) is 39.0 Å². The Morgan fingerprint density at radius 3 is 2.55 bits per heavy atom. The van der Waals surface area contributed by atoms with Crippen LogP contribution < -0.4 is 5.32 Å². The molecule has 0 aromatic rings. The van der Waals surface area contributed by atoms with Gasteiger partial charge < -0.3 is 10.1 Å². The van der Waals surface area contributed by atoms with Crippen LogP contribution in [0.15, 0.2) is 0 Å². The molecule has 0 aliphatic heterocycles. The van der Waals surface area contributed by atoms with Gasteiger partial charge in [0.05, 0.1) is 12.4 Å². The Morgan fingerprint density at radius 2 is 2.00 bits per heavy atom. The second-order valence-corrected chi connectivity index (χ2v) is 8.12. The topological polar surface area (TPSA) is 58.6 Å². The van der Waals surface area contributed by atoms with Crippen molar-refractivity contribution in [3.63, 3.8) is 0 Å². The van der Waals surface area contributed by atoms with Gasteiger partial charge in [-0.3, -0.25) is 0 Å². The van der Waals surface area contributed by atoms with Crippen molar-refractivity contribution >= 4 is 10.0 Å². The maximum absolute atomic E-state index is 12.5. The van der Waals surface area contributed by atoms with Crippen molar-refractivity contribution < 1.29 is 13.2 Å². The first-order valence-corrected chi connectivity index (χ1v) is 9.37. The van der Waals surface area contributed by atoms with Crippen LogP contribution in [0.3, 0.4) is 0 Å². The summed E-state index contributed by atoms with van der Waals surface area (Å²) in [7, 11) is -1.55. The second kappa shape index (κ2) is 7.20. The summed E-state index contributed by atoms with van der Waals surface area (Å²) in [6, 6.07) is 0.763. The minimum atomic E-state index is -3.16. The molecule has 0 aromatic carbocycles. The van der Waals surface area contributed by atoms with E-state index in [1.165, 1.54) is 12.8 Å². The SMILES string of the molecule is COCCN(C(C)C1CC1)S(=O)(=O)CCCNC1CC1. The number of hydrogen-bond acceptors (Lipinski definition) is 4. The molecule has 0 spiro atoms. The summed E-state index contributed by atoms with van der Waals surface area (Å²) < 4.78 is 31.8. The first-order chi connectivity index (χ1) is 9.54. The lowest BCUT2D eigenvalue weighted by Crippen LogP contribution is -2.43. The predicted molar refractivity (Wildman–Crippen MR) is 80.2 cm³/mol. The van der Waals surface area contributed by atoms with Gasteiger partial charge in [0.2, 0.25) is 10.0 Å². The fourth-order valence-electron chi connectivity index (χ4n) is 2.56. The zero-order chi connectivity index (χ0) is 14.6. The highest BCUT2D eigenvalue weighted by Crippen LogP contribution is 2.36. The summed E-state index contributed by atoms with van der Waals surface area (Å²) in [6.45, 7) is 3.79. The quantitative estimate of drug-likeness (QED) is 0.583. The molecule has 0 saturated heterocycles. The molecule has 2 saturated carbocycles. The monoisotopic (exact) mass is 304 g/mol. The van der Waals surface area contributed by atoms with E-state index in [4.69, 9.17) is 4.74 Å². The fraction of sp³-hybridized carbons (Fsp3) is 1.00. The van der Waals surface area contributed by atoms with Crippen LogP contribution >= 0.6 is 0 Å². The molecule has 0 radical (unpaired) electrons. The summed E-state index contributed by atoms with van der Waals surface area (Å²) in [5.74, 6) is 0.791. The third-order valence-corrected chi connectivity index (χ3v) is 6.26. The molecule has 2 aliphatic carbocycles. The molecule has 1 unspecified atom stereocenters. The highest BCUT2D eigenvalue weighted by molar-refractivity contribution is 7.89. The summed E-state index contributed by atoms with van der Waals surface area (Å²) in [4.78, 5) is 0. The third kappa shape index (κ3) is 4.98. The van der Waals surface area contributed by atoms with Crippen LogP contribution in [0, 0.1) is 5.92 Å². The molecule has 5 nitrogen and oxygen atoms in total. The normalized spacial score (nSPS) is 21.4. The molecule has 1 atom stereocenters. The van der Waals surface area contributed by atoms with Gasteiger partial charge >= 0.3 is 0 Å². The van der Waals surface area contributed by atoms with Gasteiger partial charge in [0.1, 0.15) is 0 Å². The standard InChI is InChI=1S/C14H28N2O3S/c1-12(13-4-5-13)16(9-10-19-2)20(17,18)11-3-8-15-14-6-7-14/h12-15H,3-11H2,1-2H3. The summed E-state index contributed by atoms with van der Waals surface area (Å²) in [5.41, 5.74) is 0. The lowest BCUT2D eigenvalue weighted by molar-refractivity contribution is 0.164. The summed E-state index contributed by atoms with van der Waals surface area (Å²) in [6.07, 6.45) is 5.49. The van der Waals surface area contributed by atoms with Crippen molar-refractivity contribution in [2.45, 2.75) is 51.1 Å². The maximum Gasteiger partial charge on any atom is 0.214 e. The molecule has 2 aliphatic rings. The van der Waals surface area contributed by atoms with Crippen LogP contribution in [-0.2, 0) is 14.8 Å².